The van der Waals surface area contributed by atoms with E-state index in [2.05, 4.69) is 47.0 Å². The van der Waals surface area contributed by atoms with Crippen LogP contribution in [0.15, 0.2) is 47.6 Å². The van der Waals surface area contributed by atoms with Crippen LogP contribution < -0.4 is 4.74 Å². The Kier molecular flexibility index (Phi) is 5.28. The minimum absolute atomic E-state index is 0.862. The molecule has 3 rings (SSSR count). The van der Waals surface area contributed by atoms with Crippen molar-refractivity contribution in [3.8, 4) is 5.75 Å². The fourth-order valence-electron chi connectivity index (χ4n) is 2.64. The van der Waals surface area contributed by atoms with Crippen LogP contribution in [0.4, 0.5) is 0 Å². The van der Waals surface area contributed by atoms with Gasteiger partial charge in [-0.3, -0.25) is 4.99 Å². The molecular formula is C18H23N3OS. The van der Waals surface area contributed by atoms with Crippen molar-refractivity contribution in [2.24, 2.45) is 12.0 Å². The highest BCUT2D eigenvalue weighted by molar-refractivity contribution is 8.13. The van der Waals surface area contributed by atoms with Crippen molar-refractivity contribution in [3.05, 3.63) is 53.9 Å². The van der Waals surface area contributed by atoms with E-state index in [1.165, 1.54) is 17.7 Å². The third-order valence-electron chi connectivity index (χ3n) is 3.99. The summed E-state index contributed by atoms with van der Waals surface area (Å²) in [6, 6.07) is 12.6. The summed E-state index contributed by atoms with van der Waals surface area (Å²) in [5, 5.41) is 1.16. The number of aryl methyl sites for hydroxylation is 1. The molecule has 5 heteroatoms. The minimum atomic E-state index is 0.862. The molecule has 0 saturated carbocycles. The maximum atomic E-state index is 5.25. The van der Waals surface area contributed by atoms with Crippen LogP contribution in [0.3, 0.4) is 0 Å². The van der Waals surface area contributed by atoms with Gasteiger partial charge in [-0.05, 0) is 36.2 Å². The second-order valence-corrected chi connectivity index (χ2v) is 6.74. The summed E-state index contributed by atoms with van der Waals surface area (Å²) in [6.07, 6.45) is 3.27. The Morgan fingerprint density at radius 1 is 1.22 bits per heavy atom. The van der Waals surface area contributed by atoms with Gasteiger partial charge in [-0.25, -0.2) is 0 Å². The molecule has 0 N–H and O–H groups in total. The van der Waals surface area contributed by atoms with Crippen molar-refractivity contribution in [3.63, 3.8) is 0 Å². The number of rotatable bonds is 5. The summed E-state index contributed by atoms with van der Waals surface area (Å²) in [7, 11) is 3.79. The van der Waals surface area contributed by atoms with E-state index in [9.17, 15) is 0 Å². The minimum Gasteiger partial charge on any atom is -0.497 e. The van der Waals surface area contributed by atoms with Gasteiger partial charge in [-0.15, -0.1) is 0 Å². The number of aromatic nitrogens is 1. The lowest BCUT2D eigenvalue weighted by molar-refractivity contribution is 0.399. The highest BCUT2D eigenvalue weighted by atomic mass is 32.2. The standard InChI is InChI=1S/C18H23N3OS/c1-20-11-3-5-16(20)14-21(18-19-10-4-12-23-18)13-15-6-8-17(22-2)9-7-15/h3,5-9,11H,4,10,12-14H2,1-2H3. The Bertz CT molecular complexity index is 663. The van der Waals surface area contributed by atoms with Crippen LogP contribution in [0.2, 0.25) is 0 Å². The Labute approximate surface area is 142 Å². The molecule has 1 aliphatic heterocycles. The van der Waals surface area contributed by atoms with Crippen molar-refractivity contribution in [2.45, 2.75) is 19.5 Å². The molecule has 0 unspecified atom stereocenters. The van der Waals surface area contributed by atoms with E-state index >= 15 is 0 Å². The van der Waals surface area contributed by atoms with Crippen LogP contribution in [0.1, 0.15) is 17.7 Å². The molecule has 0 saturated heterocycles. The largest absolute Gasteiger partial charge is 0.497 e. The molecule has 0 atom stereocenters. The number of aliphatic imine (C=N–C) groups is 1. The molecule has 122 valence electrons. The predicted octanol–water partition coefficient (Wildman–Crippen LogP) is 3.53. The summed E-state index contributed by atoms with van der Waals surface area (Å²) in [5.41, 5.74) is 2.57. The number of methoxy groups -OCH3 is 1. The molecule has 1 aromatic heterocycles. The molecule has 4 nitrogen and oxygen atoms in total. The van der Waals surface area contributed by atoms with Gasteiger partial charge in [0.2, 0.25) is 0 Å². The molecule has 2 heterocycles. The summed E-state index contributed by atoms with van der Waals surface area (Å²) in [4.78, 5) is 7.12. The first-order chi connectivity index (χ1) is 11.3. The highest BCUT2D eigenvalue weighted by Gasteiger charge is 2.17. The molecule has 0 amide bonds. The second kappa shape index (κ2) is 7.59. The van der Waals surface area contributed by atoms with E-state index in [1.807, 2.05) is 23.9 Å². The fourth-order valence-corrected chi connectivity index (χ4v) is 3.59. The lowest BCUT2D eigenvalue weighted by Gasteiger charge is -2.28. The molecule has 0 fully saturated rings. The predicted molar refractivity (Wildman–Crippen MR) is 97.0 cm³/mol. The third-order valence-corrected chi connectivity index (χ3v) is 5.13. The fraction of sp³-hybridized carbons (Fsp3) is 0.389. The zero-order valence-electron chi connectivity index (χ0n) is 13.7. The molecule has 1 aliphatic rings. The van der Waals surface area contributed by atoms with E-state index in [0.717, 1.165) is 36.3 Å². The van der Waals surface area contributed by atoms with Crippen LogP contribution in [0.25, 0.3) is 0 Å². The molecule has 1 aromatic carbocycles. The van der Waals surface area contributed by atoms with Crippen LogP contribution >= 0.6 is 11.8 Å². The van der Waals surface area contributed by atoms with Gasteiger partial charge in [0.25, 0.3) is 0 Å². The highest BCUT2D eigenvalue weighted by Crippen LogP contribution is 2.21. The number of nitrogens with zero attached hydrogens (tertiary/aromatic N) is 3. The SMILES string of the molecule is COc1ccc(CN(Cc2cccn2C)C2=NCCCS2)cc1. The van der Waals surface area contributed by atoms with E-state index in [-0.39, 0.29) is 0 Å². The lowest BCUT2D eigenvalue weighted by Crippen LogP contribution is -2.30. The first kappa shape index (κ1) is 16.0. The zero-order chi connectivity index (χ0) is 16.1. The van der Waals surface area contributed by atoms with Gasteiger partial charge in [0.05, 0.1) is 13.7 Å². The summed E-state index contributed by atoms with van der Waals surface area (Å²) >= 11 is 1.87. The molecule has 0 aliphatic carbocycles. The Morgan fingerprint density at radius 3 is 2.65 bits per heavy atom. The molecule has 0 spiro atoms. The maximum absolute atomic E-state index is 5.25. The first-order valence-corrected chi connectivity index (χ1v) is 8.90. The van der Waals surface area contributed by atoms with Crippen LogP contribution in [-0.2, 0) is 20.1 Å². The van der Waals surface area contributed by atoms with Crippen molar-refractivity contribution < 1.29 is 4.74 Å². The maximum Gasteiger partial charge on any atom is 0.159 e. The molecule has 2 aromatic rings. The normalized spacial score (nSPS) is 14.4. The summed E-state index contributed by atoms with van der Waals surface area (Å²) < 4.78 is 7.42. The first-order valence-electron chi connectivity index (χ1n) is 7.91. The van der Waals surface area contributed by atoms with Gasteiger partial charge in [0.15, 0.2) is 5.17 Å². The third kappa shape index (κ3) is 4.10. The average molecular weight is 329 g/mol. The number of hydrogen-bond donors (Lipinski definition) is 0. The van der Waals surface area contributed by atoms with E-state index in [1.54, 1.807) is 7.11 Å². The molecular weight excluding hydrogens is 306 g/mol. The Balaban J connectivity index is 1.79. The molecule has 0 radical (unpaired) electrons. The van der Waals surface area contributed by atoms with Crippen LogP contribution in [0, 0.1) is 0 Å². The van der Waals surface area contributed by atoms with Gasteiger partial charge in [-0.2, -0.15) is 0 Å². The number of thioether (sulfide) groups is 1. The quantitative estimate of drug-likeness (QED) is 0.840. The second-order valence-electron chi connectivity index (χ2n) is 5.68. The van der Waals surface area contributed by atoms with Crippen LogP contribution in [0.5, 0.6) is 5.75 Å². The van der Waals surface area contributed by atoms with Gasteiger partial charge >= 0.3 is 0 Å². The van der Waals surface area contributed by atoms with Crippen LogP contribution in [-0.4, -0.2) is 34.0 Å². The molecule has 0 bridgehead atoms. The lowest BCUT2D eigenvalue weighted by atomic mass is 10.2. The number of ether oxygens (including phenoxy) is 1. The smallest absolute Gasteiger partial charge is 0.159 e. The topological polar surface area (TPSA) is 29.8 Å². The Morgan fingerprint density at radius 2 is 2.04 bits per heavy atom. The summed E-state index contributed by atoms with van der Waals surface area (Å²) in [6.45, 7) is 2.68. The monoisotopic (exact) mass is 329 g/mol. The van der Waals surface area contributed by atoms with Crippen molar-refractivity contribution in [1.29, 1.82) is 0 Å². The van der Waals surface area contributed by atoms with Crippen molar-refractivity contribution in [2.75, 3.05) is 19.4 Å². The number of amidine groups is 1. The number of benzene rings is 1. The zero-order valence-corrected chi connectivity index (χ0v) is 14.6. The van der Waals surface area contributed by atoms with E-state index in [4.69, 9.17) is 9.73 Å². The van der Waals surface area contributed by atoms with E-state index in [0.29, 0.717) is 0 Å². The van der Waals surface area contributed by atoms with Gasteiger partial charge in [-0.1, -0.05) is 23.9 Å². The van der Waals surface area contributed by atoms with Gasteiger partial charge < -0.3 is 14.2 Å². The number of hydrogen-bond acceptors (Lipinski definition) is 4. The van der Waals surface area contributed by atoms with E-state index < -0.39 is 0 Å². The average Bonchev–Trinajstić information content (AvgIpc) is 3.00. The van der Waals surface area contributed by atoms with Crippen molar-refractivity contribution in [1.82, 2.24) is 9.47 Å². The Hall–Kier alpha value is -1.88. The van der Waals surface area contributed by atoms with Gasteiger partial charge in [0, 0.05) is 37.8 Å². The van der Waals surface area contributed by atoms with Crippen molar-refractivity contribution >= 4 is 16.9 Å². The van der Waals surface area contributed by atoms with Gasteiger partial charge in [0.1, 0.15) is 5.75 Å². The summed E-state index contributed by atoms with van der Waals surface area (Å²) in [5.74, 6) is 2.05. The molecule has 23 heavy (non-hydrogen) atoms.